The highest BCUT2D eigenvalue weighted by molar-refractivity contribution is 5.84. The van der Waals surface area contributed by atoms with Crippen LogP contribution in [0.15, 0.2) is 66.7 Å². The third-order valence-electron chi connectivity index (χ3n) is 4.56. The highest BCUT2D eigenvalue weighted by atomic mass is 16.5. The lowest BCUT2D eigenvalue weighted by Gasteiger charge is -2.24. The summed E-state index contributed by atoms with van der Waals surface area (Å²) in [6.45, 7) is 4.61. The molecule has 1 amide bonds. The van der Waals surface area contributed by atoms with Crippen LogP contribution in [0.4, 0.5) is 0 Å². The van der Waals surface area contributed by atoms with Crippen molar-refractivity contribution in [3.8, 4) is 5.75 Å². The average molecular weight is 347 g/mol. The van der Waals surface area contributed by atoms with Gasteiger partial charge in [-0.2, -0.15) is 0 Å². The van der Waals surface area contributed by atoms with E-state index in [0.29, 0.717) is 13.0 Å². The lowest BCUT2D eigenvalue weighted by atomic mass is 10.1. The van der Waals surface area contributed by atoms with Gasteiger partial charge in [-0.1, -0.05) is 67.1 Å². The first kappa shape index (κ1) is 18.0. The topological polar surface area (TPSA) is 29.5 Å². The average Bonchev–Trinajstić information content (AvgIpc) is 2.67. The van der Waals surface area contributed by atoms with Gasteiger partial charge >= 0.3 is 0 Å². The Balaban J connectivity index is 1.69. The number of nitrogens with zero attached hydrogens (tertiary/aromatic N) is 1. The molecule has 0 heterocycles. The van der Waals surface area contributed by atoms with Crippen LogP contribution in [0, 0.1) is 6.92 Å². The molecule has 0 aliphatic heterocycles. The molecule has 0 saturated carbocycles. The van der Waals surface area contributed by atoms with Crippen molar-refractivity contribution in [1.82, 2.24) is 4.90 Å². The molecule has 3 heteroatoms. The van der Waals surface area contributed by atoms with E-state index in [4.69, 9.17) is 4.74 Å². The highest BCUT2D eigenvalue weighted by Crippen LogP contribution is 2.22. The summed E-state index contributed by atoms with van der Waals surface area (Å²) in [4.78, 5) is 14.6. The third kappa shape index (κ3) is 4.23. The molecule has 3 aromatic carbocycles. The molecule has 1 atom stereocenters. The molecular formula is C23H25NO2. The van der Waals surface area contributed by atoms with E-state index in [2.05, 4.69) is 43.3 Å². The molecule has 26 heavy (non-hydrogen) atoms. The number of hydrogen-bond acceptors (Lipinski definition) is 2. The molecule has 0 radical (unpaired) electrons. The van der Waals surface area contributed by atoms with Gasteiger partial charge in [-0.15, -0.1) is 0 Å². The maximum absolute atomic E-state index is 12.8. The van der Waals surface area contributed by atoms with E-state index in [9.17, 15) is 4.79 Å². The second-order valence-corrected chi connectivity index (χ2v) is 6.70. The van der Waals surface area contributed by atoms with Crippen molar-refractivity contribution in [2.75, 3.05) is 7.05 Å². The SMILES string of the molecule is CC[C@H](Oc1ccc2ccccc2c1)C(=O)N(C)Cc1ccc(C)cc1. The van der Waals surface area contributed by atoms with Crippen LogP contribution in [0.3, 0.4) is 0 Å². The fourth-order valence-electron chi connectivity index (χ4n) is 3.00. The van der Waals surface area contributed by atoms with E-state index in [0.717, 1.165) is 22.1 Å². The minimum Gasteiger partial charge on any atom is -0.481 e. The molecule has 0 saturated heterocycles. The molecule has 134 valence electrons. The van der Waals surface area contributed by atoms with Crippen molar-refractivity contribution in [3.05, 3.63) is 77.9 Å². The summed E-state index contributed by atoms with van der Waals surface area (Å²) in [5.41, 5.74) is 2.33. The molecule has 3 rings (SSSR count). The number of carbonyl (C=O) groups excluding carboxylic acids is 1. The summed E-state index contributed by atoms with van der Waals surface area (Å²) in [5.74, 6) is 0.730. The van der Waals surface area contributed by atoms with E-state index in [-0.39, 0.29) is 5.91 Å². The summed E-state index contributed by atoms with van der Waals surface area (Å²) in [7, 11) is 1.83. The van der Waals surface area contributed by atoms with Crippen molar-refractivity contribution in [2.45, 2.75) is 32.9 Å². The summed E-state index contributed by atoms with van der Waals surface area (Å²) in [6, 6.07) is 22.3. The van der Waals surface area contributed by atoms with Crippen LogP contribution in [0.2, 0.25) is 0 Å². The minimum absolute atomic E-state index is 0.00114. The number of hydrogen-bond donors (Lipinski definition) is 0. The first-order chi connectivity index (χ1) is 12.6. The largest absolute Gasteiger partial charge is 0.481 e. The molecule has 0 aliphatic rings. The van der Waals surface area contributed by atoms with Gasteiger partial charge in [0.05, 0.1) is 0 Å². The molecule has 0 N–H and O–H groups in total. The summed E-state index contributed by atoms with van der Waals surface area (Å²) >= 11 is 0. The van der Waals surface area contributed by atoms with Gasteiger partial charge in [0.25, 0.3) is 5.91 Å². The van der Waals surface area contributed by atoms with Gasteiger partial charge in [0.2, 0.25) is 0 Å². The number of ether oxygens (including phenoxy) is 1. The standard InChI is InChI=1S/C23H25NO2/c1-4-22(23(25)24(3)16-18-11-9-17(2)10-12-18)26-21-14-13-19-7-5-6-8-20(19)15-21/h5-15,22H,4,16H2,1-3H3/t22-/m0/s1. The van der Waals surface area contributed by atoms with E-state index in [1.165, 1.54) is 5.56 Å². The Morgan fingerprint density at radius 1 is 1.00 bits per heavy atom. The zero-order valence-electron chi connectivity index (χ0n) is 15.6. The third-order valence-corrected chi connectivity index (χ3v) is 4.56. The Morgan fingerprint density at radius 3 is 2.38 bits per heavy atom. The fraction of sp³-hybridized carbons (Fsp3) is 0.261. The number of aryl methyl sites for hydroxylation is 1. The van der Waals surface area contributed by atoms with Crippen LogP contribution < -0.4 is 4.74 Å². The molecule has 0 spiro atoms. The molecule has 0 fully saturated rings. The van der Waals surface area contributed by atoms with Gasteiger partial charge in [-0.25, -0.2) is 0 Å². The first-order valence-corrected chi connectivity index (χ1v) is 9.03. The van der Waals surface area contributed by atoms with Crippen molar-refractivity contribution in [2.24, 2.45) is 0 Å². The molecule has 0 aliphatic carbocycles. The molecule has 0 unspecified atom stereocenters. The second-order valence-electron chi connectivity index (χ2n) is 6.70. The zero-order valence-corrected chi connectivity index (χ0v) is 15.6. The van der Waals surface area contributed by atoms with Crippen LogP contribution in [0.25, 0.3) is 10.8 Å². The number of amides is 1. The van der Waals surface area contributed by atoms with Crippen molar-refractivity contribution in [3.63, 3.8) is 0 Å². The van der Waals surface area contributed by atoms with E-state index in [1.54, 1.807) is 4.90 Å². The monoisotopic (exact) mass is 347 g/mol. The molecule has 3 aromatic rings. The van der Waals surface area contributed by atoms with Crippen LogP contribution >= 0.6 is 0 Å². The van der Waals surface area contributed by atoms with Gasteiger partial charge in [-0.3, -0.25) is 4.79 Å². The lowest BCUT2D eigenvalue weighted by Crippen LogP contribution is -2.39. The Bertz CT molecular complexity index is 886. The fourth-order valence-corrected chi connectivity index (χ4v) is 3.00. The molecule has 3 nitrogen and oxygen atoms in total. The molecular weight excluding hydrogens is 322 g/mol. The van der Waals surface area contributed by atoms with E-state index < -0.39 is 6.10 Å². The normalized spacial score (nSPS) is 12.0. The maximum Gasteiger partial charge on any atom is 0.263 e. The Labute approximate surface area is 155 Å². The number of likely N-dealkylation sites (N-methyl/N-ethyl adjacent to an activating group) is 1. The van der Waals surface area contributed by atoms with Crippen LogP contribution in [-0.4, -0.2) is 24.0 Å². The summed E-state index contributed by atoms with van der Waals surface area (Å²) < 4.78 is 6.02. The van der Waals surface area contributed by atoms with Gasteiger partial charge < -0.3 is 9.64 Å². The first-order valence-electron chi connectivity index (χ1n) is 9.03. The summed E-state index contributed by atoms with van der Waals surface area (Å²) in [5, 5.41) is 2.27. The van der Waals surface area contributed by atoms with E-state index >= 15 is 0 Å². The van der Waals surface area contributed by atoms with Crippen LogP contribution in [0.5, 0.6) is 5.75 Å². The van der Waals surface area contributed by atoms with Crippen molar-refractivity contribution >= 4 is 16.7 Å². The highest BCUT2D eigenvalue weighted by Gasteiger charge is 2.22. The number of rotatable bonds is 6. The Morgan fingerprint density at radius 2 is 1.69 bits per heavy atom. The quantitative estimate of drug-likeness (QED) is 0.630. The summed E-state index contributed by atoms with van der Waals surface area (Å²) in [6.07, 6.45) is 0.149. The van der Waals surface area contributed by atoms with Gasteiger partial charge in [0.1, 0.15) is 5.75 Å². The maximum atomic E-state index is 12.8. The minimum atomic E-state index is -0.480. The number of benzene rings is 3. The Kier molecular flexibility index (Phi) is 5.57. The number of fused-ring (bicyclic) bond motifs is 1. The molecule has 0 bridgehead atoms. The zero-order chi connectivity index (χ0) is 18.5. The van der Waals surface area contributed by atoms with Crippen molar-refractivity contribution < 1.29 is 9.53 Å². The van der Waals surface area contributed by atoms with Crippen LogP contribution in [0.1, 0.15) is 24.5 Å². The van der Waals surface area contributed by atoms with Crippen LogP contribution in [-0.2, 0) is 11.3 Å². The molecule has 0 aromatic heterocycles. The van der Waals surface area contributed by atoms with Gasteiger partial charge in [0.15, 0.2) is 6.10 Å². The number of carbonyl (C=O) groups is 1. The van der Waals surface area contributed by atoms with E-state index in [1.807, 2.05) is 44.3 Å². The smallest absolute Gasteiger partial charge is 0.263 e. The second kappa shape index (κ2) is 8.05. The van der Waals surface area contributed by atoms with Crippen molar-refractivity contribution in [1.29, 1.82) is 0 Å². The van der Waals surface area contributed by atoms with Gasteiger partial charge in [0, 0.05) is 13.6 Å². The predicted octanol–water partition coefficient (Wildman–Crippen LogP) is 4.96. The predicted molar refractivity (Wildman–Crippen MR) is 106 cm³/mol. The van der Waals surface area contributed by atoms with Gasteiger partial charge in [-0.05, 0) is 41.8 Å². The Hall–Kier alpha value is -2.81. The lowest BCUT2D eigenvalue weighted by molar-refractivity contribution is -0.138.